The molecule has 0 aliphatic heterocycles. The Morgan fingerprint density at radius 2 is 1.61 bits per heavy atom. The molecule has 0 spiro atoms. The van der Waals surface area contributed by atoms with Gasteiger partial charge in [-0.25, -0.2) is 0 Å². The maximum absolute atomic E-state index is 3.56. The first-order valence-electron chi connectivity index (χ1n) is 7.19. The van der Waals surface area contributed by atoms with Gasteiger partial charge in [-0.2, -0.15) is 0 Å². The smallest absolute Gasteiger partial charge is 0.00173 e. The molecule has 0 aliphatic carbocycles. The largest absolute Gasteiger partial charge is 0.316 e. The second-order valence-electron chi connectivity index (χ2n) is 6.16. The summed E-state index contributed by atoms with van der Waals surface area (Å²) in [6.07, 6.45) is 0. The van der Waals surface area contributed by atoms with Gasteiger partial charge >= 0.3 is 0 Å². The minimum atomic E-state index is 0.615. The Hall–Kier alpha value is -0.820. The van der Waals surface area contributed by atoms with Crippen molar-refractivity contribution >= 4 is 0 Å². The van der Waals surface area contributed by atoms with Crippen molar-refractivity contribution in [2.75, 3.05) is 13.1 Å². The second-order valence-corrected chi connectivity index (χ2v) is 6.16. The van der Waals surface area contributed by atoms with E-state index in [0.29, 0.717) is 11.8 Å². The lowest BCUT2D eigenvalue weighted by Gasteiger charge is -2.22. The van der Waals surface area contributed by atoms with Gasteiger partial charge in [0, 0.05) is 0 Å². The molecule has 0 radical (unpaired) electrons. The minimum absolute atomic E-state index is 0.615. The average molecular weight is 247 g/mol. The number of hydrogen-bond acceptors (Lipinski definition) is 1. The molecule has 1 aromatic carbocycles. The summed E-state index contributed by atoms with van der Waals surface area (Å²) in [6.45, 7) is 15.8. The highest BCUT2D eigenvalue weighted by Gasteiger charge is 2.14. The van der Waals surface area contributed by atoms with Crippen LogP contribution in [0.25, 0.3) is 0 Å². The van der Waals surface area contributed by atoms with E-state index in [2.05, 4.69) is 65.1 Å². The van der Waals surface area contributed by atoms with E-state index in [-0.39, 0.29) is 0 Å². The summed E-state index contributed by atoms with van der Waals surface area (Å²) in [6, 6.07) is 6.88. The molecule has 2 unspecified atom stereocenters. The lowest BCUT2D eigenvalue weighted by molar-refractivity contribution is 0.428. The summed E-state index contributed by atoms with van der Waals surface area (Å²) in [5.41, 5.74) is 4.26. The molecule has 1 aromatic rings. The van der Waals surface area contributed by atoms with E-state index in [1.807, 2.05) is 0 Å². The Kier molecular flexibility index (Phi) is 5.87. The Morgan fingerprint density at radius 3 is 2.17 bits per heavy atom. The predicted octanol–water partition coefficient (Wildman–Crippen LogP) is 4.29. The van der Waals surface area contributed by atoms with E-state index < -0.39 is 0 Å². The third-order valence-corrected chi connectivity index (χ3v) is 3.93. The number of rotatable bonds is 6. The average Bonchev–Trinajstić information content (AvgIpc) is 2.31. The summed E-state index contributed by atoms with van der Waals surface area (Å²) < 4.78 is 0. The molecule has 0 fully saturated rings. The van der Waals surface area contributed by atoms with E-state index >= 15 is 0 Å². The molecule has 0 heterocycles. The van der Waals surface area contributed by atoms with Gasteiger partial charge in [0.15, 0.2) is 0 Å². The number of aryl methyl sites for hydroxylation is 2. The van der Waals surface area contributed by atoms with Crippen LogP contribution in [0.5, 0.6) is 0 Å². The van der Waals surface area contributed by atoms with Crippen molar-refractivity contribution in [3.63, 3.8) is 0 Å². The molecular formula is C17H29N. The molecule has 0 amide bonds. The fourth-order valence-electron chi connectivity index (χ4n) is 2.15. The lowest BCUT2D eigenvalue weighted by atomic mass is 9.87. The molecule has 18 heavy (non-hydrogen) atoms. The Labute approximate surface area is 113 Å². The van der Waals surface area contributed by atoms with Crippen molar-refractivity contribution in [2.24, 2.45) is 11.8 Å². The SMILES string of the molecule is Cc1ccc(C(C)C(C)CNCC(C)C)cc1C. The van der Waals surface area contributed by atoms with Crippen LogP contribution in [0.3, 0.4) is 0 Å². The molecule has 2 atom stereocenters. The van der Waals surface area contributed by atoms with Crippen molar-refractivity contribution in [1.82, 2.24) is 5.32 Å². The van der Waals surface area contributed by atoms with Crippen LogP contribution in [0.2, 0.25) is 0 Å². The molecule has 1 rings (SSSR count). The van der Waals surface area contributed by atoms with Gasteiger partial charge in [-0.1, -0.05) is 45.9 Å². The van der Waals surface area contributed by atoms with Crippen LogP contribution in [0.15, 0.2) is 18.2 Å². The topological polar surface area (TPSA) is 12.0 Å². The van der Waals surface area contributed by atoms with Crippen molar-refractivity contribution in [3.8, 4) is 0 Å². The summed E-state index contributed by atoms with van der Waals surface area (Å²) in [4.78, 5) is 0. The van der Waals surface area contributed by atoms with E-state index in [0.717, 1.165) is 19.0 Å². The van der Waals surface area contributed by atoms with E-state index in [9.17, 15) is 0 Å². The van der Waals surface area contributed by atoms with Crippen molar-refractivity contribution in [1.29, 1.82) is 0 Å². The lowest BCUT2D eigenvalue weighted by Crippen LogP contribution is -2.27. The van der Waals surface area contributed by atoms with Gasteiger partial charge in [-0.15, -0.1) is 0 Å². The summed E-state index contributed by atoms with van der Waals surface area (Å²) in [5.74, 6) is 2.02. The van der Waals surface area contributed by atoms with Gasteiger partial charge in [0.1, 0.15) is 0 Å². The first-order chi connectivity index (χ1) is 8.41. The van der Waals surface area contributed by atoms with Gasteiger partial charge in [0.25, 0.3) is 0 Å². The summed E-state index contributed by atoms with van der Waals surface area (Å²) in [7, 11) is 0. The van der Waals surface area contributed by atoms with Gasteiger partial charge in [0.05, 0.1) is 0 Å². The van der Waals surface area contributed by atoms with Crippen LogP contribution in [0, 0.1) is 25.7 Å². The highest BCUT2D eigenvalue weighted by Crippen LogP contribution is 2.25. The molecule has 102 valence electrons. The van der Waals surface area contributed by atoms with Gasteiger partial charge in [-0.05, 0) is 61.4 Å². The first kappa shape index (κ1) is 15.2. The normalized spacial score (nSPS) is 14.8. The quantitative estimate of drug-likeness (QED) is 0.791. The van der Waals surface area contributed by atoms with Crippen LogP contribution < -0.4 is 5.32 Å². The van der Waals surface area contributed by atoms with E-state index in [1.165, 1.54) is 16.7 Å². The Balaban J connectivity index is 2.56. The van der Waals surface area contributed by atoms with Crippen LogP contribution in [-0.4, -0.2) is 13.1 Å². The van der Waals surface area contributed by atoms with Crippen LogP contribution in [0.1, 0.15) is 50.3 Å². The molecule has 0 saturated carbocycles. The summed E-state index contributed by atoms with van der Waals surface area (Å²) in [5, 5.41) is 3.56. The van der Waals surface area contributed by atoms with Gasteiger partial charge in [0.2, 0.25) is 0 Å². The third-order valence-electron chi connectivity index (χ3n) is 3.93. The highest BCUT2D eigenvalue weighted by molar-refractivity contribution is 5.32. The molecule has 1 heteroatoms. The fourth-order valence-corrected chi connectivity index (χ4v) is 2.15. The van der Waals surface area contributed by atoms with E-state index in [1.54, 1.807) is 0 Å². The Bertz CT molecular complexity index is 368. The highest BCUT2D eigenvalue weighted by atomic mass is 14.9. The molecule has 0 aromatic heterocycles. The predicted molar refractivity (Wildman–Crippen MR) is 81.2 cm³/mol. The van der Waals surface area contributed by atoms with Crippen LogP contribution in [0.4, 0.5) is 0 Å². The zero-order valence-corrected chi connectivity index (χ0v) is 12.9. The molecule has 1 N–H and O–H groups in total. The van der Waals surface area contributed by atoms with Crippen LogP contribution >= 0.6 is 0 Å². The first-order valence-corrected chi connectivity index (χ1v) is 7.19. The van der Waals surface area contributed by atoms with Crippen molar-refractivity contribution in [2.45, 2.75) is 47.5 Å². The Morgan fingerprint density at radius 1 is 0.944 bits per heavy atom. The maximum Gasteiger partial charge on any atom is -0.00173 e. The summed E-state index contributed by atoms with van der Waals surface area (Å²) >= 11 is 0. The zero-order chi connectivity index (χ0) is 13.7. The molecular weight excluding hydrogens is 218 g/mol. The standard InChI is InChI=1S/C17H29N/c1-12(2)10-18-11-15(5)16(6)17-8-7-13(3)14(4)9-17/h7-9,12,15-16,18H,10-11H2,1-6H3. The molecule has 1 nitrogen and oxygen atoms in total. The number of nitrogens with one attached hydrogen (secondary N) is 1. The minimum Gasteiger partial charge on any atom is -0.316 e. The maximum atomic E-state index is 3.56. The van der Waals surface area contributed by atoms with Crippen molar-refractivity contribution in [3.05, 3.63) is 34.9 Å². The van der Waals surface area contributed by atoms with E-state index in [4.69, 9.17) is 0 Å². The van der Waals surface area contributed by atoms with Crippen molar-refractivity contribution < 1.29 is 0 Å². The number of hydrogen-bond donors (Lipinski definition) is 1. The third kappa shape index (κ3) is 4.45. The molecule has 0 saturated heterocycles. The zero-order valence-electron chi connectivity index (χ0n) is 12.9. The molecule has 0 aliphatic rings. The fraction of sp³-hybridized carbons (Fsp3) is 0.647. The second kappa shape index (κ2) is 6.94. The number of benzene rings is 1. The monoisotopic (exact) mass is 247 g/mol. The van der Waals surface area contributed by atoms with Crippen LogP contribution in [-0.2, 0) is 0 Å². The molecule has 0 bridgehead atoms. The van der Waals surface area contributed by atoms with Gasteiger partial charge in [-0.3, -0.25) is 0 Å². The van der Waals surface area contributed by atoms with Gasteiger partial charge < -0.3 is 5.32 Å².